The molecule has 0 saturated carbocycles. The molecule has 0 aliphatic carbocycles. The van der Waals surface area contributed by atoms with Crippen molar-refractivity contribution in [1.29, 1.82) is 0 Å². The number of rotatable bonds is 4. The second-order valence-corrected chi connectivity index (χ2v) is 4.57. The number of nitrogens with one attached hydrogen (secondary N) is 2. The number of urea groups is 1. The Kier molecular flexibility index (Phi) is 3.50. The minimum atomic E-state index is -0.188. The second kappa shape index (κ2) is 5.61. The minimum absolute atomic E-state index is 0.0991. The van der Waals surface area contributed by atoms with E-state index in [2.05, 4.69) is 20.7 Å². The first-order valence-corrected chi connectivity index (χ1v) is 6.50. The maximum atomic E-state index is 11.8. The molecule has 1 aliphatic heterocycles. The Morgan fingerprint density at radius 2 is 2.14 bits per heavy atom. The molecule has 1 aliphatic rings. The maximum Gasteiger partial charge on any atom is 0.321 e. The highest BCUT2D eigenvalue weighted by Crippen LogP contribution is 2.19. The zero-order valence-electron chi connectivity index (χ0n) is 11.2. The monoisotopic (exact) mass is 286 g/mol. The van der Waals surface area contributed by atoms with Crippen molar-refractivity contribution in [1.82, 2.24) is 20.1 Å². The van der Waals surface area contributed by atoms with Crippen molar-refractivity contribution in [3.8, 4) is 0 Å². The smallest absolute Gasteiger partial charge is 0.321 e. The number of hydrogen-bond acceptors (Lipinski definition) is 4. The van der Waals surface area contributed by atoms with E-state index in [9.17, 15) is 9.59 Å². The summed E-state index contributed by atoms with van der Waals surface area (Å²) in [6.07, 6.45) is 2.86. The van der Waals surface area contributed by atoms with Crippen LogP contribution in [0.5, 0.6) is 0 Å². The van der Waals surface area contributed by atoms with E-state index < -0.39 is 0 Å². The lowest BCUT2D eigenvalue weighted by Crippen LogP contribution is -2.27. The zero-order chi connectivity index (χ0) is 14.7. The van der Waals surface area contributed by atoms with E-state index in [4.69, 9.17) is 0 Å². The molecular weight excluding hydrogens is 272 g/mol. The van der Waals surface area contributed by atoms with Crippen molar-refractivity contribution in [2.45, 2.75) is 6.54 Å². The highest BCUT2D eigenvalue weighted by molar-refractivity contribution is 5.95. The zero-order valence-corrected chi connectivity index (χ0v) is 11.2. The van der Waals surface area contributed by atoms with Gasteiger partial charge < -0.3 is 10.6 Å². The number of aromatic nitrogens is 3. The maximum absolute atomic E-state index is 11.8. The van der Waals surface area contributed by atoms with E-state index in [1.54, 1.807) is 29.2 Å². The third-order valence-corrected chi connectivity index (χ3v) is 3.09. The van der Waals surface area contributed by atoms with Gasteiger partial charge in [0, 0.05) is 24.5 Å². The predicted molar refractivity (Wildman–Crippen MR) is 75.8 cm³/mol. The van der Waals surface area contributed by atoms with Crippen LogP contribution in [-0.2, 0) is 11.3 Å². The van der Waals surface area contributed by atoms with Gasteiger partial charge in [-0.15, -0.1) is 0 Å². The number of amides is 3. The molecule has 8 nitrogen and oxygen atoms in total. The van der Waals surface area contributed by atoms with Crippen molar-refractivity contribution in [2.75, 3.05) is 23.3 Å². The molecule has 108 valence electrons. The summed E-state index contributed by atoms with van der Waals surface area (Å²) in [6.45, 7) is 1.41. The molecule has 0 radical (unpaired) electrons. The third kappa shape index (κ3) is 2.99. The van der Waals surface area contributed by atoms with Crippen LogP contribution in [0.25, 0.3) is 0 Å². The molecule has 3 amide bonds. The van der Waals surface area contributed by atoms with Crippen molar-refractivity contribution in [2.24, 2.45) is 0 Å². The van der Waals surface area contributed by atoms with E-state index in [0.717, 1.165) is 5.69 Å². The molecule has 3 rings (SSSR count). The van der Waals surface area contributed by atoms with Crippen LogP contribution in [0.3, 0.4) is 0 Å². The van der Waals surface area contributed by atoms with Crippen LogP contribution in [0.2, 0.25) is 0 Å². The van der Waals surface area contributed by atoms with Crippen LogP contribution in [0.1, 0.15) is 0 Å². The fourth-order valence-electron chi connectivity index (χ4n) is 2.10. The number of carbonyl (C=O) groups is 2. The first kappa shape index (κ1) is 13.1. The number of carbonyl (C=O) groups excluding carboxylic acids is 2. The van der Waals surface area contributed by atoms with Crippen LogP contribution in [-0.4, -0.2) is 39.8 Å². The second-order valence-electron chi connectivity index (χ2n) is 4.57. The first-order valence-electron chi connectivity index (χ1n) is 6.50. The van der Waals surface area contributed by atoms with Gasteiger partial charge in [0.25, 0.3) is 0 Å². The van der Waals surface area contributed by atoms with E-state index >= 15 is 0 Å². The Morgan fingerprint density at radius 3 is 2.76 bits per heavy atom. The van der Waals surface area contributed by atoms with Gasteiger partial charge >= 0.3 is 6.03 Å². The molecule has 0 spiro atoms. The SMILES string of the molecule is O=C(Cn1cncn1)Nc1ccc(N2CCNC2=O)cc1. The van der Waals surface area contributed by atoms with Gasteiger partial charge in [0.15, 0.2) is 0 Å². The van der Waals surface area contributed by atoms with Gasteiger partial charge in [-0.25, -0.2) is 14.5 Å². The standard InChI is InChI=1S/C13H14N6O2/c20-12(7-18-9-14-8-16-18)17-10-1-3-11(4-2-10)19-6-5-15-13(19)21/h1-4,8-9H,5-7H2,(H,15,21)(H,17,20). The highest BCUT2D eigenvalue weighted by atomic mass is 16.2. The van der Waals surface area contributed by atoms with Gasteiger partial charge in [-0.05, 0) is 24.3 Å². The summed E-state index contributed by atoms with van der Waals surface area (Å²) >= 11 is 0. The number of hydrogen-bond donors (Lipinski definition) is 2. The molecule has 2 N–H and O–H groups in total. The molecule has 2 aromatic rings. The molecule has 1 aromatic carbocycles. The van der Waals surface area contributed by atoms with E-state index in [1.807, 2.05) is 0 Å². The van der Waals surface area contributed by atoms with Gasteiger partial charge in [-0.2, -0.15) is 5.10 Å². The van der Waals surface area contributed by atoms with Crippen molar-refractivity contribution >= 4 is 23.3 Å². The van der Waals surface area contributed by atoms with Crippen LogP contribution in [0.15, 0.2) is 36.9 Å². The highest BCUT2D eigenvalue weighted by Gasteiger charge is 2.20. The van der Waals surface area contributed by atoms with Crippen molar-refractivity contribution in [3.63, 3.8) is 0 Å². The summed E-state index contributed by atoms with van der Waals surface area (Å²) in [6, 6.07) is 7.03. The van der Waals surface area contributed by atoms with Gasteiger partial charge in [0.1, 0.15) is 19.2 Å². The lowest BCUT2D eigenvalue weighted by molar-refractivity contribution is -0.116. The Bertz CT molecular complexity index is 637. The molecular formula is C13H14N6O2. The molecule has 0 unspecified atom stereocenters. The molecule has 2 heterocycles. The minimum Gasteiger partial charge on any atom is -0.336 e. The normalized spacial score (nSPS) is 14.1. The molecule has 0 atom stereocenters. The van der Waals surface area contributed by atoms with Crippen molar-refractivity contribution < 1.29 is 9.59 Å². The fourth-order valence-corrected chi connectivity index (χ4v) is 2.10. The molecule has 1 aromatic heterocycles. The molecule has 21 heavy (non-hydrogen) atoms. The number of benzene rings is 1. The van der Waals surface area contributed by atoms with E-state index in [1.165, 1.54) is 17.3 Å². The Labute approximate surface area is 120 Å². The van der Waals surface area contributed by atoms with Crippen LogP contribution in [0, 0.1) is 0 Å². The fraction of sp³-hybridized carbons (Fsp3) is 0.231. The lowest BCUT2D eigenvalue weighted by Gasteiger charge is -2.14. The Morgan fingerprint density at radius 1 is 1.33 bits per heavy atom. The van der Waals surface area contributed by atoms with Gasteiger partial charge in [0.2, 0.25) is 5.91 Å². The van der Waals surface area contributed by atoms with Gasteiger partial charge in [-0.1, -0.05) is 0 Å². The van der Waals surface area contributed by atoms with E-state index in [-0.39, 0.29) is 18.5 Å². The summed E-state index contributed by atoms with van der Waals surface area (Å²) in [7, 11) is 0. The average molecular weight is 286 g/mol. The number of nitrogens with zero attached hydrogens (tertiary/aromatic N) is 4. The summed E-state index contributed by atoms with van der Waals surface area (Å²) < 4.78 is 1.44. The third-order valence-electron chi connectivity index (χ3n) is 3.09. The Hall–Kier alpha value is -2.90. The van der Waals surface area contributed by atoms with Crippen LogP contribution in [0.4, 0.5) is 16.2 Å². The van der Waals surface area contributed by atoms with Crippen molar-refractivity contribution in [3.05, 3.63) is 36.9 Å². The summed E-state index contributed by atoms with van der Waals surface area (Å²) in [5.41, 5.74) is 1.47. The van der Waals surface area contributed by atoms with E-state index in [0.29, 0.717) is 18.8 Å². The summed E-state index contributed by atoms with van der Waals surface area (Å²) in [5, 5.41) is 9.37. The molecule has 8 heteroatoms. The quantitative estimate of drug-likeness (QED) is 0.853. The predicted octanol–water partition coefficient (Wildman–Crippen LogP) is 0.446. The summed E-state index contributed by atoms with van der Waals surface area (Å²) in [5.74, 6) is -0.188. The topological polar surface area (TPSA) is 92.2 Å². The average Bonchev–Trinajstić information content (AvgIpc) is 3.11. The van der Waals surface area contributed by atoms with Gasteiger partial charge in [-0.3, -0.25) is 9.69 Å². The molecule has 0 bridgehead atoms. The van der Waals surface area contributed by atoms with Gasteiger partial charge in [0.05, 0.1) is 0 Å². The number of anilines is 2. The largest absolute Gasteiger partial charge is 0.336 e. The Balaban J connectivity index is 1.61. The molecule has 1 saturated heterocycles. The van der Waals surface area contributed by atoms with Crippen LogP contribution < -0.4 is 15.5 Å². The molecule has 1 fully saturated rings. The van der Waals surface area contributed by atoms with Crippen LogP contribution >= 0.6 is 0 Å². The lowest BCUT2D eigenvalue weighted by atomic mass is 10.2. The first-order chi connectivity index (χ1) is 10.2. The summed E-state index contributed by atoms with van der Waals surface area (Å²) in [4.78, 5) is 28.8.